The van der Waals surface area contributed by atoms with Crippen molar-refractivity contribution in [2.45, 2.75) is 0 Å². The third kappa shape index (κ3) is 3.58. The zero-order chi connectivity index (χ0) is 13.7. The number of halogens is 2. The fourth-order valence-electron chi connectivity index (χ4n) is 1.65. The normalized spacial score (nSPS) is 10.3. The highest BCUT2D eigenvalue weighted by Gasteiger charge is 2.06. The lowest BCUT2D eigenvalue weighted by atomic mass is 10.3. The molecule has 100 valence electrons. The summed E-state index contributed by atoms with van der Waals surface area (Å²) in [6, 6.07) is 8.17. The fourth-order valence-corrected chi connectivity index (χ4v) is 1.92. The Hall–Kier alpha value is -1.81. The maximum atomic E-state index is 13.3. The van der Waals surface area contributed by atoms with Crippen LogP contribution >= 0.6 is 11.6 Å². The highest BCUT2D eigenvalue weighted by atomic mass is 35.5. The highest BCUT2D eigenvalue weighted by Crippen LogP contribution is 2.22. The number of anilines is 1. The summed E-state index contributed by atoms with van der Waals surface area (Å²) in [6.07, 6.45) is 3.26. The van der Waals surface area contributed by atoms with Crippen molar-refractivity contribution in [1.29, 1.82) is 0 Å². The number of hydrogen-bond donors (Lipinski definition) is 0. The third-order valence-corrected chi connectivity index (χ3v) is 2.97. The molecule has 0 aliphatic heterocycles. The van der Waals surface area contributed by atoms with E-state index in [9.17, 15) is 4.39 Å². The third-order valence-electron chi connectivity index (χ3n) is 2.68. The Labute approximate surface area is 116 Å². The minimum atomic E-state index is -0.355. The summed E-state index contributed by atoms with van der Waals surface area (Å²) in [5, 5.41) is 0.580. The Kier molecular flexibility index (Phi) is 4.58. The van der Waals surface area contributed by atoms with Crippen LogP contribution in [-0.2, 0) is 0 Å². The summed E-state index contributed by atoms with van der Waals surface area (Å²) in [5.41, 5.74) is 0.869. The number of benzene rings is 1. The van der Waals surface area contributed by atoms with Crippen LogP contribution in [0.1, 0.15) is 0 Å². The quantitative estimate of drug-likeness (QED) is 0.839. The van der Waals surface area contributed by atoms with Gasteiger partial charge in [0.25, 0.3) is 0 Å². The van der Waals surface area contributed by atoms with Gasteiger partial charge in [-0.15, -0.1) is 0 Å². The molecule has 1 aromatic heterocycles. The molecule has 1 heterocycles. The van der Waals surface area contributed by atoms with Gasteiger partial charge in [-0.05, 0) is 18.2 Å². The second-order valence-electron chi connectivity index (χ2n) is 4.03. The monoisotopic (exact) mass is 280 g/mol. The first-order valence-electron chi connectivity index (χ1n) is 5.86. The van der Waals surface area contributed by atoms with Gasteiger partial charge in [0.2, 0.25) is 0 Å². The van der Waals surface area contributed by atoms with Crippen LogP contribution in [0.15, 0.2) is 42.7 Å². The summed E-state index contributed by atoms with van der Waals surface area (Å²) in [5.74, 6) is -0.0937. The molecule has 2 rings (SSSR count). The predicted octanol–water partition coefficient (Wildman–Crippen LogP) is 3.39. The fraction of sp³-hybridized carbons (Fsp3) is 0.214. The molecule has 0 amide bonds. The van der Waals surface area contributed by atoms with Gasteiger partial charge in [-0.2, -0.15) is 0 Å². The number of nitrogens with zero attached hydrogens (tertiary/aromatic N) is 2. The Morgan fingerprint density at radius 3 is 2.84 bits per heavy atom. The van der Waals surface area contributed by atoms with Gasteiger partial charge in [0, 0.05) is 19.4 Å². The van der Waals surface area contributed by atoms with Crippen molar-refractivity contribution < 1.29 is 9.13 Å². The summed E-state index contributed by atoms with van der Waals surface area (Å²) < 4.78 is 18.7. The summed E-state index contributed by atoms with van der Waals surface area (Å²) in [6.45, 7) is 0.966. The zero-order valence-electron chi connectivity index (χ0n) is 10.5. The maximum Gasteiger partial charge on any atom is 0.165 e. The number of aromatic nitrogens is 1. The molecule has 0 aliphatic carbocycles. The van der Waals surface area contributed by atoms with Gasteiger partial charge in [0.1, 0.15) is 6.61 Å². The van der Waals surface area contributed by atoms with E-state index in [0.717, 1.165) is 5.69 Å². The molecule has 0 bridgehead atoms. The van der Waals surface area contributed by atoms with E-state index in [-0.39, 0.29) is 11.6 Å². The molecule has 0 aliphatic rings. The van der Waals surface area contributed by atoms with Crippen LogP contribution in [0.3, 0.4) is 0 Å². The number of pyridine rings is 1. The molecule has 5 heteroatoms. The van der Waals surface area contributed by atoms with E-state index in [1.54, 1.807) is 30.6 Å². The maximum absolute atomic E-state index is 13.3. The van der Waals surface area contributed by atoms with Crippen LogP contribution in [-0.4, -0.2) is 25.2 Å². The molecule has 3 nitrogen and oxygen atoms in total. The molecule has 0 N–H and O–H groups in total. The molecule has 19 heavy (non-hydrogen) atoms. The number of likely N-dealkylation sites (N-methyl/N-ethyl adjacent to an activating group) is 1. The molecule has 0 fully saturated rings. The van der Waals surface area contributed by atoms with E-state index in [1.165, 1.54) is 6.07 Å². The zero-order valence-corrected chi connectivity index (χ0v) is 11.3. The minimum Gasteiger partial charge on any atom is -0.489 e. The molecule has 0 saturated carbocycles. The lowest BCUT2D eigenvalue weighted by Crippen LogP contribution is -2.24. The molecule has 2 aromatic rings. The Bertz CT molecular complexity index is 550. The number of hydrogen-bond acceptors (Lipinski definition) is 3. The van der Waals surface area contributed by atoms with Crippen LogP contribution in [0.25, 0.3) is 0 Å². The highest BCUT2D eigenvalue weighted by molar-refractivity contribution is 6.33. The lowest BCUT2D eigenvalue weighted by molar-refractivity contribution is 0.309. The van der Waals surface area contributed by atoms with Crippen molar-refractivity contribution in [3.05, 3.63) is 53.6 Å². The number of para-hydroxylation sites is 1. The molecular formula is C14H14ClFN2O. The minimum absolute atomic E-state index is 0.261. The topological polar surface area (TPSA) is 25.4 Å². The first-order chi connectivity index (χ1) is 9.18. The summed E-state index contributed by atoms with van der Waals surface area (Å²) >= 11 is 6.04. The second kappa shape index (κ2) is 6.38. The van der Waals surface area contributed by atoms with Gasteiger partial charge in [-0.25, -0.2) is 4.39 Å². The predicted molar refractivity (Wildman–Crippen MR) is 74.4 cm³/mol. The van der Waals surface area contributed by atoms with Crippen LogP contribution in [0.4, 0.5) is 10.1 Å². The Morgan fingerprint density at radius 2 is 2.11 bits per heavy atom. The van der Waals surface area contributed by atoms with Crippen molar-refractivity contribution in [3.8, 4) is 5.75 Å². The van der Waals surface area contributed by atoms with Crippen LogP contribution in [0, 0.1) is 5.82 Å². The van der Waals surface area contributed by atoms with Gasteiger partial charge in [0.05, 0.1) is 17.3 Å². The first-order valence-corrected chi connectivity index (χ1v) is 6.24. The molecule has 0 spiro atoms. The van der Waals surface area contributed by atoms with Gasteiger partial charge >= 0.3 is 0 Å². The molecule has 0 radical (unpaired) electrons. The van der Waals surface area contributed by atoms with Crippen LogP contribution in [0.5, 0.6) is 5.75 Å². The van der Waals surface area contributed by atoms with E-state index < -0.39 is 0 Å². The molecule has 0 unspecified atom stereocenters. The van der Waals surface area contributed by atoms with Crippen molar-refractivity contribution in [2.24, 2.45) is 0 Å². The molecular weight excluding hydrogens is 267 g/mol. The van der Waals surface area contributed by atoms with Gasteiger partial charge in [-0.1, -0.05) is 23.7 Å². The first kappa shape index (κ1) is 13.6. The Balaban J connectivity index is 1.90. The molecule has 1 aromatic carbocycles. The van der Waals surface area contributed by atoms with Crippen molar-refractivity contribution >= 4 is 17.3 Å². The van der Waals surface area contributed by atoms with Crippen LogP contribution in [0.2, 0.25) is 5.02 Å². The van der Waals surface area contributed by atoms with E-state index in [0.29, 0.717) is 18.2 Å². The van der Waals surface area contributed by atoms with Gasteiger partial charge in [-0.3, -0.25) is 4.98 Å². The van der Waals surface area contributed by atoms with Crippen LogP contribution < -0.4 is 9.64 Å². The average Bonchev–Trinajstić information content (AvgIpc) is 2.41. The van der Waals surface area contributed by atoms with Gasteiger partial charge in [0.15, 0.2) is 11.6 Å². The number of rotatable bonds is 5. The van der Waals surface area contributed by atoms with Crippen molar-refractivity contribution in [2.75, 3.05) is 25.1 Å². The van der Waals surface area contributed by atoms with E-state index in [4.69, 9.17) is 16.3 Å². The largest absolute Gasteiger partial charge is 0.489 e. The summed E-state index contributed by atoms with van der Waals surface area (Å²) in [4.78, 5) is 5.86. The van der Waals surface area contributed by atoms with E-state index >= 15 is 0 Å². The smallest absolute Gasteiger partial charge is 0.165 e. The van der Waals surface area contributed by atoms with Crippen molar-refractivity contribution in [3.63, 3.8) is 0 Å². The Morgan fingerprint density at radius 1 is 1.32 bits per heavy atom. The molecule has 0 atom stereocenters. The average molecular weight is 281 g/mol. The molecule has 0 saturated heterocycles. The standard InChI is InChI=1S/C14H14ClFN2O/c1-18(13-6-7-17-10-11(13)15)8-9-19-14-5-3-2-4-12(14)16/h2-7,10H,8-9H2,1H3. The van der Waals surface area contributed by atoms with Crippen molar-refractivity contribution in [1.82, 2.24) is 4.98 Å². The van der Waals surface area contributed by atoms with E-state index in [2.05, 4.69) is 4.98 Å². The second-order valence-corrected chi connectivity index (χ2v) is 4.43. The van der Waals surface area contributed by atoms with Gasteiger partial charge < -0.3 is 9.64 Å². The lowest BCUT2D eigenvalue weighted by Gasteiger charge is -2.20. The summed E-state index contributed by atoms with van der Waals surface area (Å²) in [7, 11) is 1.89. The SMILES string of the molecule is CN(CCOc1ccccc1F)c1ccncc1Cl. The van der Waals surface area contributed by atoms with E-state index in [1.807, 2.05) is 18.0 Å². The number of ether oxygens (including phenoxy) is 1.